The fourth-order valence-corrected chi connectivity index (χ4v) is 7.75. The molecule has 8 heteroatoms. The molecule has 7 nitrogen and oxygen atoms in total. The van der Waals surface area contributed by atoms with Crippen LogP contribution in [0.4, 0.5) is 5.69 Å². The summed E-state index contributed by atoms with van der Waals surface area (Å²) in [6.45, 7) is 10.9. The number of esters is 1. The Labute approximate surface area is 323 Å². The minimum Gasteiger partial charge on any atom is -0.493 e. The molecule has 0 spiro atoms. The summed E-state index contributed by atoms with van der Waals surface area (Å²) in [7, 11) is 0. The molecule has 1 fully saturated rings. The lowest BCUT2D eigenvalue weighted by atomic mass is 9.88. The van der Waals surface area contributed by atoms with Crippen LogP contribution in [0.15, 0.2) is 84.3 Å². The molecule has 3 N–H and O–H groups in total. The van der Waals surface area contributed by atoms with Gasteiger partial charge >= 0.3 is 5.97 Å². The first-order valence-corrected chi connectivity index (χ1v) is 20.9. The fraction of sp³-hybridized carbons (Fsp3) is 0.511. The summed E-state index contributed by atoms with van der Waals surface area (Å²) in [5.74, 6) is 0.975. The van der Waals surface area contributed by atoms with Crippen molar-refractivity contribution in [3.05, 3.63) is 90.5 Å². The standard InChI is InChI=1S/C32H43NO4.C13H20N2S/c1-3-9-25-10-14-27(15-11-25)28-16-19-31(29(22-28)23-33)37-24-26-12-17-30(18-13-26)35-20-7-5-6-8-21-36-32(34)4-2;1-2-3-4-7-10-14-13-15-11-8-5-6-9-12(11)16-13/h4,10-11,14-16,19,22-23,26,30,33H,2-3,5-9,12-13,17-18,20-21,24H2,1H3;5-6,8-9,13-15H,2-4,7,10H2,1H3. The Hall–Kier alpha value is -3.59. The molecular weight excluding hydrogens is 679 g/mol. The quantitative estimate of drug-likeness (QED) is 0.0408. The third-order valence-electron chi connectivity index (χ3n) is 9.84. The zero-order valence-corrected chi connectivity index (χ0v) is 33.0. The van der Waals surface area contributed by atoms with Crippen LogP contribution in [0.5, 0.6) is 5.75 Å². The van der Waals surface area contributed by atoms with Gasteiger partial charge in [-0.25, -0.2) is 4.79 Å². The van der Waals surface area contributed by atoms with E-state index in [1.54, 1.807) is 0 Å². The highest BCUT2D eigenvalue weighted by Gasteiger charge is 2.23. The monoisotopic (exact) mass is 741 g/mol. The van der Waals surface area contributed by atoms with Gasteiger partial charge in [-0.3, -0.25) is 5.32 Å². The molecule has 0 radical (unpaired) electrons. The minimum absolute atomic E-state index is 0.346. The van der Waals surface area contributed by atoms with Gasteiger partial charge in [-0.2, -0.15) is 0 Å². The van der Waals surface area contributed by atoms with Gasteiger partial charge in [0, 0.05) is 35.0 Å². The van der Waals surface area contributed by atoms with E-state index in [-0.39, 0.29) is 5.97 Å². The van der Waals surface area contributed by atoms with E-state index in [1.165, 1.54) is 59.7 Å². The number of hydrogen-bond donors (Lipinski definition) is 3. The Bertz CT molecular complexity index is 1480. The second kappa shape index (κ2) is 24.7. The number of thioether (sulfide) groups is 1. The molecule has 3 aromatic rings. The number of carbonyl (C=O) groups is 1. The van der Waals surface area contributed by atoms with Gasteiger partial charge in [-0.05, 0) is 111 Å². The highest BCUT2D eigenvalue weighted by Crippen LogP contribution is 2.36. The van der Waals surface area contributed by atoms with E-state index in [9.17, 15) is 4.79 Å². The maximum atomic E-state index is 11.0. The van der Waals surface area contributed by atoms with Crippen LogP contribution in [0.3, 0.4) is 0 Å². The van der Waals surface area contributed by atoms with Crippen molar-refractivity contribution >= 4 is 29.6 Å². The van der Waals surface area contributed by atoms with E-state index < -0.39 is 0 Å². The number of rotatable bonds is 22. The van der Waals surface area contributed by atoms with E-state index in [4.69, 9.17) is 19.6 Å². The summed E-state index contributed by atoms with van der Waals surface area (Å²) in [6.07, 6.45) is 18.9. The average Bonchev–Trinajstić information content (AvgIpc) is 3.62. The number of carbonyl (C=O) groups excluding carboxylic acids is 1. The number of nitrogens with one attached hydrogen (secondary N) is 3. The summed E-state index contributed by atoms with van der Waals surface area (Å²) < 4.78 is 17.3. The van der Waals surface area contributed by atoms with Crippen LogP contribution >= 0.6 is 11.8 Å². The predicted octanol–water partition coefficient (Wildman–Crippen LogP) is 11.2. The number of anilines is 1. The highest BCUT2D eigenvalue weighted by atomic mass is 32.2. The summed E-state index contributed by atoms with van der Waals surface area (Å²) >= 11 is 1.88. The molecule has 3 aromatic carbocycles. The van der Waals surface area contributed by atoms with Crippen molar-refractivity contribution < 1.29 is 19.0 Å². The molecule has 5 rings (SSSR count). The Morgan fingerprint density at radius 2 is 1.62 bits per heavy atom. The zero-order chi connectivity index (χ0) is 37.5. The Morgan fingerprint density at radius 1 is 0.887 bits per heavy atom. The Morgan fingerprint density at radius 3 is 2.34 bits per heavy atom. The van der Waals surface area contributed by atoms with Crippen LogP contribution in [0.25, 0.3) is 11.1 Å². The number of aryl methyl sites for hydroxylation is 1. The summed E-state index contributed by atoms with van der Waals surface area (Å²) in [6, 6.07) is 23.4. The number of unbranched alkanes of at least 4 members (excludes halogenated alkanes) is 6. The fourth-order valence-electron chi connectivity index (χ4n) is 6.70. The first-order chi connectivity index (χ1) is 26.0. The van der Waals surface area contributed by atoms with Crippen molar-refractivity contribution in [2.24, 2.45) is 5.92 Å². The Balaban J connectivity index is 0.000000324. The number of ether oxygens (including phenoxy) is 3. The van der Waals surface area contributed by atoms with E-state index >= 15 is 0 Å². The smallest absolute Gasteiger partial charge is 0.330 e. The maximum Gasteiger partial charge on any atom is 0.330 e. The molecule has 0 bridgehead atoms. The first-order valence-electron chi connectivity index (χ1n) is 20.1. The molecule has 53 heavy (non-hydrogen) atoms. The lowest BCUT2D eigenvalue weighted by molar-refractivity contribution is -0.137. The number of fused-ring (bicyclic) bond motifs is 1. The van der Waals surface area contributed by atoms with Gasteiger partial charge in [0.15, 0.2) is 0 Å². The molecule has 2 aliphatic rings. The third kappa shape index (κ3) is 15.4. The second-order valence-corrected chi connectivity index (χ2v) is 15.3. The molecule has 0 saturated heterocycles. The SMILES string of the molecule is C=CC(=O)OCCCCCCOC1CCC(COc2ccc(-c3ccc(CCC)cc3)cc2C=N)CC1.CCCCCCNC1Nc2ccccc2S1. The summed E-state index contributed by atoms with van der Waals surface area (Å²) in [5, 5.41) is 14.9. The molecule has 288 valence electrons. The van der Waals surface area contributed by atoms with E-state index in [0.717, 1.165) is 94.2 Å². The molecular formula is C45H63N3O4S. The molecule has 0 amide bonds. The van der Waals surface area contributed by atoms with Crippen LogP contribution in [0, 0.1) is 11.3 Å². The van der Waals surface area contributed by atoms with Crippen LogP contribution in [0.1, 0.15) is 108 Å². The van der Waals surface area contributed by atoms with Gasteiger partial charge in [0.25, 0.3) is 0 Å². The van der Waals surface area contributed by atoms with Gasteiger partial charge in [0.05, 0.1) is 19.3 Å². The zero-order valence-electron chi connectivity index (χ0n) is 32.2. The molecule has 1 saturated carbocycles. The van der Waals surface area contributed by atoms with Crippen LogP contribution < -0.4 is 15.4 Å². The molecule has 1 aliphatic heterocycles. The van der Waals surface area contributed by atoms with Gasteiger partial charge in [-0.15, -0.1) is 0 Å². The maximum absolute atomic E-state index is 11.0. The van der Waals surface area contributed by atoms with Gasteiger partial charge in [0.1, 0.15) is 11.2 Å². The highest BCUT2D eigenvalue weighted by molar-refractivity contribution is 8.00. The van der Waals surface area contributed by atoms with Crippen molar-refractivity contribution in [2.75, 3.05) is 31.7 Å². The largest absolute Gasteiger partial charge is 0.493 e. The van der Waals surface area contributed by atoms with Crippen LogP contribution in [-0.2, 0) is 20.7 Å². The predicted molar refractivity (Wildman–Crippen MR) is 222 cm³/mol. The molecule has 1 unspecified atom stereocenters. The summed E-state index contributed by atoms with van der Waals surface area (Å²) in [5.41, 5.74) is 6.09. The lowest BCUT2D eigenvalue weighted by Gasteiger charge is -2.28. The molecule has 1 heterocycles. The lowest BCUT2D eigenvalue weighted by Crippen LogP contribution is -2.31. The summed E-state index contributed by atoms with van der Waals surface area (Å²) in [4.78, 5) is 12.4. The van der Waals surface area contributed by atoms with Crippen molar-refractivity contribution in [3.63, 3.8) is 0 Å². The third-order valence-corrected chi connectivity index (χ3v) is 11.0. The normalized spacial score (nSPS) is 17.5. The van der Waals surface area contributed by atoms with Gasteiger partial charge in [0.2, 0.25) is 0 Å². The minimum atomic E-state index is -0.346. The van der Waals surface area contributed by atoms with Crippen LogP contribution in [0.2, 0.25) is 0 Å². The molecule has 1 atom stereocenters. The number of para-hydroxylation sites is 1. The van der Waals surface area contributed by atoms with Crippen molar-refractivity contribution in [3.8, 4) is 16.9 Å². The topological polar surface area (TPSA) is 92.7 Å². The van der Waals surface area contributed by atoms with E-state index in [0.29, 0.717) is 30.7 Å². The second-order valence-electron chi connectivity index (χ2n) is 14.1. The van der Waals surface area contributed by atoms with Crippen molar-refractivity contribution in [2.45, 2.75) is 120 Å². The van der Waals surface area contributed by atoms with Gasteiger partial charge in [-0.1, -0.05) is 107 Å². The number of benzene rings is 3. The van der Waals surface area contributed by atoms with Crippen LogP contribution in [-0.4, -0.2) is 50.2 Å². The number of hydrogen-bond acceptors (Lipinski definition) is 8. The van der Waals surface area contributed by atoms with Crippen molar-refractivity contribution in [1.29, 1.82) is 5.41 Å². The van der Waals surface area contributed by atoms with Gasteiger partial charge < -0.3 is 24.9 Å². The average molecular weight is 742 g/mol. The molecule has 0 aromatic heterocycles. The molecule has 1 aliphatic carbocycles. The first kappa shape index (κ1) is 42.2. The van der Waals surface area contributed by atoms with E-state index in [1.807, 2.05) is 17.8 Å². The van der Waals surface area contributed by atoms with E-state index in [2.05, 4.69) is 91.7 Å². The van der Waals surface area contributed by atoms with Crippen molar-refractivity contribution in [1.82, 2.24) is 5.32 Å². The Kier molecular flexibility index (Phi) is 19.6.